The van der Waals surface area contributed by atoms with Crippen LogP contribution in [0.5, 0.6) is 0 Å². The molecule has 0 aliphatic rings. The van der Waals surface area contributed by atoms with Crippen LogP contribution in [-0.2, 0) is 4.79 Å². The number of carboxylic acids is 1. The van der Waals surface area contributed by atoms with Crippen LogP contribution in [0.2, 0.25) is 0 Å². The summed E-state index contributed by atoms with van der Waals surface area (Å²) in [5.41, 5.74) is 2.10. The van der Waals surface area contributed by atoms with E-state index < -0.39 is 5.97 Å². The Labute approximate surface area is 113 Å². The molecule has 0 aliphatic carbocycles. The zero-order chi connectivity index (χ0) is 13.5. The zero-order valence-corrected chi connectivity index (χ0v) is 10.6. The summed E-state index contributed by atoms with van der Waals surface area (Å²) >= 11 is 0. The van der Waals surface area contributed by atoms with Crippen molar-refractivity contribution in [2.24, 2.45) is 0 Å². The van der Waals surface area contributed by atoms with Gasteiger partial charge in [0, 0.05) is 5.92 Å². The van der Waals surface area contributed by atoms with Gasteiger partial charge in [0.25, 0.3) is 0 Å². The van der Waals surface area contributed by atoms with Gasteiger partial charge in [0.05, 0.1) is 6.42 Å². The van der Waals surface area contributed by atoms with E-state index in [0.29, 0.717) is 0 Å². The fourth-order valence-corrected chi connectivity index (χ4v) is 1.98. The van der Waals surface area contributed by atoms with Gasteiger partial charge in [0.15, 0.2) is 0 Å². The Hall–Kier alpha value is -2.35. The molecule has 1 atom stereocenters. The molecule has 2 aromatic rings. The molecule has 0 spiro atoms. The normalized spacial score (nSPS) is 12.4. The molecule has 2 heteroatoms. The molecule has 2 nitrogen and oxygen atoms in total. The van der Waals surface area contributed by atoms with E-state index in [9.17, 15) is 4.79 Å². The predicted octanol–water partition coefficient (Wildman–Crippen LogP) is 3.96. The minimum Gasteiger partial charge on any atom is -0.481 e. The van der Waals surface area contributed by atoms with Crippen LogP contribution in [0.4, 0.5) is 0 Å². The molecule has 0 heterocycles. The largest absolute Gasteiger partial charge is 0.481 e. The van der Waals surface area contributed by atoms with Crippen molar-refractivity contribution in [3.63, 3.8) is 0 Å². The van der Waals surface area contributed by atoms with Crippen LogP contribution >= 0.6 is 0 Å². The van der Waals surface area contributed by atoms with Gasteiger partial charge in [0.1, 0.15) is 0 Å². The number of aliphatic carboxylic acids is 1. The third kappa shape index (κ3) is 4.11. The maximum atomic E-state index is 11.0. The summed E-state index contributed by atoms with van der Waals surface area (Å²) in [5, 5.41) is 9.01. The molecular weight excluding hydrogens is 236 g/mol. The van der Waals surface area contributed by atoms with Crippen molar-refractivity contribution in [1.82, 2.24) is 0 Å². The average molecular weight is 252 g/mol. The summed E-state index contributed by atoms with van der Waals surface area (Å²) in [7, 11) is 0. The topological polar surface area (TPSA) is 37.3 Å². The summed E-state index contributed by atoms with van der Waals surface area (Å²) in [6, 6.07) is 19.6. The van der Waals surface area contributed by atoms with Crippen molar-refractivity contribution in [3.8, 4) is 0 Å². The van der Waals surface area contributed by atoms with Crippen LogP contribution in [0, 0.1) is 0 Å². The Morgan fingerprint density at radius 1 is 1.00 bits per heavy atom. The molecule has 19 heavy (non-hydrogen) atoms. The maximum Gasteiger partial charge on any atom is 0.304 e. The van der Waals surface area contributed by atoms with Gasteiger partial charge in [0.2, 0.25) is 0 Å². The van der Waals surface area contributed by atoms with Crippen LogP contribution < -0.4 is 0 Å². The van der Waals surface area contributed by atoms with Gasteiger partial charge in [-0.25, -0.2) is 0 Å². The van der Waals surface area contributed by atoms with Crippen LogP contribution in [-0.4, -0.2) is 11.1 Å². The van der Waals surface area contributed by atoms with Crippen LogP contribution in [0.25, 0.3) is 6.08 Å². The van der Waals surface area contributed by atoms with Gasteiger partial charge in [-0.05, 0) is 11.1 Å². The molecule has 0 unspecified atom stereocenters. The van der Waals surface area contributed by atoms with Crippen molar-refractivity contribution in [2.75, 3.05) is 0 Å². The van der Waals surface area contributed by atoms with Crippen molar-refractivity contribution in [2.45, 2.75) is 12.3 Å². The van der Waals surface area contributed by atoms with Crippen molar-refractivity contribution < 1.29 is 9.90 Å². The minimum absolute atomic E-state index is 0.0982. The minimum atomic E-state index is -0.786. The first-order valence-corrected chi connectivity index (χ1v) is 6.25. The Kier molecular flexibility index (Phi) is 4.51. The van der Waals surface area contributed by atoms with E-state index in [2.05, 4.69) is 0 Å². The van der Waals surface area contributed by atoms with Crippen LogP contribution in [0.1, 0.15) is 23.5 Å². The standard InChI is InChI=1S/C17H16O2/c18-17(19)13-16(15-9-5-2-6-10-15)12-11-14-7-3-1-4-8-14/h1-12,16H,13H2,(H,18,19)/b12-11+/t16-/m0/s1. The van der Waals surface area contributed by atoms with E-state index in [1.165, 1.54) is 0 Å². The number of rotatable bonds is 5. The zero-order valence-electron chi connectivity index (χ0n) is 10.6. The third-order valence-corrected chi connectivity index (χ3v) is 2.94. The Balaban J connectivity index is 2.19. The molecule has 2 rings (SSSR count). The number of carbonyl (C=O) groups is 1. The molecule has 0 radical (unpaired) electrons. The van der Waals surface area contributed by atoms with Gasteiger partial charge < -0.3 is 5.11 Å². The highest BCUT2D eigenvalue weighted by molar-refractivity contribution is 5.69. The highest BCUT2D eigenvalue weighted by Crippen LogP contribution is 2.22. The molecule has 0 aromatic heterocycles. The lowest BCUT2D eigenvalue weighted by Crippen LogP contribution is -2.03. The number of hydrogen-bond donors (Lipinski definition) is 1. The lowest BCUT2D eigenvalue weighted by Gasteiger charge is -2.10. The molecule has 0 aliphatic heterocycles. The first kappa shape index (κ1) is 13.1. The maximum absolute atomic E-state index is 11.0. The molecule has 2 aromatic carbocycles. The average Bonchev–Trinajstić information content (AvgIpc) is 2.45. The van der Waals surface area contributed by atoms with Gasteiger partial charge in [-0.15, -0.1) is 0 Å². The van der Waals surface area contributed by atoms with Gasteiger partial charge in [-0.3, -0.25) is 4.79 Å². The quantitative estimate of drug-likeness (QED) is 0.874. The fourth-order valence-electron chi connectivity index (χ4n) is 1.98. The van der Waals surface area contributed by atoms with Gasteiger partial charge in [-0.2, -0.15) is 0 Å². The SMILES string of the molecule is O=C(O)C[C@H](/C=C/c1ccccc1)c1ccccc1. The van der Waals surface area contributed by atoms with Gasteiger partial charge >= 0.3 is 5.97 Å². The monoisotopic (exact) mass is 252 g/mol. The lowest BCUT2D eigenvalue weighted by molar-refractivity contribution is -0.137. The van der Waals surface area contributed by atoms with Crippen molar-refractivity contribution in [1.29, 1.82) is 0 Å². The van der Waals surface area contributed by atoms with E-state index in [1.54, 1.807) is 0 Å². The first-order chi connectivity index (χ1) is 9.25. The fraction of sp³-hybridized carbons (Fsp3) is 0.118. The summed E-state index contributed by atoms with van der Waals surface area (Å²) < 4.78 is 0. The Morgan fingerprint density at radius 2 is 1.58 bits per heavy atom. The smallest absolute Gasteiger partial charge is 0.304 e. The number of hydrogen-bond acceptors (Lipinski definition) is 1. The second kappa shape index (κ2) is 6.55. The summed E-state index contributed by atoms with van der Waals surface area (Å²) in [6.45, 7) is 0. The highest BCUT2D eigenvalue weighted by atomic mass is 16.4. The highest BCUT2D eigenvalue weighted by Gasteiger charge is 2.11. The molecule has 0 amide bonds. The Bertz CT molecular complexity index is 544. The van der Waals surface area contributed by atoms with Crippen LogP contribution in [0.15, 0.2) is 66.7 Å². The third-order valence-electron chi connectivity index (χ3n) is 2.94. The molecule has 0 bridgehead atoms. The second-order valence-corrected chi connectivity index (χ2v) is 4.38. The van der Waals surface area contributed by atoms with Crippen LogP contribution in [0.3, 0.4) is 0 Å². The predicted molar refractivity (Wildman–Crippen MR) is 76.9 cm³/mol. The number of benzene rings is 2. The summed E-state index contributed by atoms with van der Waals surface area (Å²) in [6.07, 6.45) is 4.03. The lowest BCUT2D eigenvalue weighted by atomic mass is 9.94. The molecule has 0 fully saturated rings. The molecule has 0 saturated heterocycles. The first-order valence-electron chi connectivity index (χ1n) is 6.25. The Morgan fingerprint density at radius 3 is 2.16 bits per heavy atom. The van der Waals surface area contributed by atoms with E-state index >= 15 is 0 Å². The molecule has 0 saturated carbocycles. The number of carboxylic acid groups (broad SMARTS) is 1. The molecule has 96 valence electrons. The van der Waals surface area contributed by atoms with Crippen molar-refractivity contribution >= 4 is 12.0 Å². The molecular formula is C17H16O2. The number of allylic oxidation sites excluding steroid dienone is 1. The van der Waals surface area contributed by atoms with E-state index in [-0.39, 0.29) is 12.3 Å². The summed E-state index contributed by atoms with van der Waals surface area (Å²) in [4.78, 5) is 11.0. The van der Waals surface area contributed by atoms with Gasteiger partial charge in [-0.1, -0.05) is 72.8 Å². The molecule has 1 N–H and O–H groups in total. The van der Waals surface area contributed by atoms with E-state index in [0.717, 1.165) is 11.1 Å². The van der Waals surface area contributed by atoms with Crippen molar-refractivity contribution in [3.05, 3.63) is 77.9 Å². The summed E-state index contributed by atoms with van der Waals surface area (Å²) in [5.74, 6) is -0.884. The van der Waals surface area contributed by atoms with E-state index in [1.807, 2.05) is 72.8 Å². The van der Waals surface area contributed by atoms with E-state index in [4.69, 9.17) is 5.11 Å². The second-order valence-electron chi connectivity index (χ2n) is 4.38.